The summed E-state index contributed by atoms with van der Waals surface area (Å²) < 4.78 is 0. The summed E-state index contributed by atoms with van der Waals surface area (Å²) in [6.45, 7) is 6.42. The highest BCUT2D eigenvalue weighted by molar-refractivity contribution is 6.32. The van der Waals surface area contributed by atoms with Gasteiger partial charge in [0.2, 0.25) is 0 Å². The number of carbonyl (C=O) groups excluding carboxylic acids is 1. The summed E-state index contributed by atoms with van der Waals surface area (Å²) in [4.78, 5) is 27.2. The highest BCUT2D eigenvalue weighted by Gasteiger charge is 2.44. The molecule has 0 atom stereocenters. The first kappa shape index (κ1) is 15.4. The molecule has 0 aliphatic rings. The average molecular weight is 285 g/mol. The first-order valence-electron chi connectivity index (χ1n) is 5.76. The van der Waals surface area contributed by atoms with Gasteiger partial charge in [-0.05, 0) is 39.8 Å². The topological polar surface area (TPSA) is 79.3 Å². The molecule has 0 aliphatic heterocycles. The maximum atomic E-state index is 12.1. The summed E-state index contributed by atoms with van der Waals surface area (Å²) in [6.07, 6.45) is 1.48. The molecule has 0 aromatic carbocycles. The molecule has 0 fully saturated rings. The van der Waals surface area contributed by atoms with Crippen LogP contribution in [0.15, 0.2) is 18.3 Å². The van der Waals surface area contributed by atoms with Gasteiger partial charge in [-0.1, -0.05) is 11.6 Å². The Kier molecular flexibility index (Phi) is 4.20. The second-order valence-corrected chi connectivity index (χ2v) is 5.71. The van der Waals surface area contributed by atoms with Gasteiger partial charge in [0.05, 0.1) is 16.5 Å². The van der Waals surface area contributed by atoms with E-state index in [1.165, 1.54) is 12.3 Å². The minimum atomic E-state index is -1.13. The predicted octanol–water partition coefficient (Wildman–Crippen LogP) is 2.35. The van der Waals surface area contributed by atoms with E-state index in [4.69, 9.17) is 11.6 Å². The number of hydrogen-bond donors (Lipinski definition) is 2. The van der Waals surface area contributed by atoms with Gasteiger partial charge in [-0.2, -0.15) is 0 Å². The van der Waals surface area contributed by atoms with Gasteiger partial charge in [-0.15, -0.1) is 0 Å². The normalized spacial score (nSPS) is 12.1. The van der Waals surface area contributed by atoms with E-state index in [0.29, 0.717) is 0 Å². The fourth-order valence-corrected chi connectivity index (χ4v) is 1.54. The quantitative estimate of drug-likeness (QED) is 0.832. The van der Waals surface area contributed by atoms with Crippen molar-refractivity contribution in [2.45, 2.75) is 33.2 Å². The van der Waals surface area contributed by atoms with Crippen LogP contribution in [-0.2, 0) is 4.79 Å². The zero-order chi connectivity index (χ0) is 14.8. The number of rotatable bonds is 4. The van der Waals surface area contributed by atoms with E-state index in [1.54, 1.807) is 33.8 Å². The predicted molar refractivity (Wildman–Crippen MR) is 72.2 cm³/mol. The molecule has 1 amide bonds. The standard InChI is InChI=1S/C13H17ClN2O3/c1-12(2,11(18)19)13(3,4)16-10(17)8-6-5-7-15-9(8)14/h5-7H,1-4H3,(H,16,17)(H,18,19). The summed E-state index contributed by atoms with van der Waals surface area (Å²) in [5.41, 5.74) is -1.86. The van der Waals surface area contributed by atoms with Crippen molar-refractivity contribution >= 4 is 23.5 Å². The largest absolute Gasteiger partial charge is 0.481 e. The zero-order valence-electron chi connectivity index (χ0n) is 11.3. The summed E-state index contributed by atoms with van der Waals surface area (Å²) in [7, 11) is 0. The maximum Gasteiger partial charge on any atom is 0.311 e. The number of carboxylic acids is 1. The van der Waals surface area contributed by atoms with E-state index >= 15 is 0 Å². The smallest absolute Gasteiger partial charge is 0.311 e. The van der Waals surface area contributed by atoms with Crippen LogP contribution >= 0.6 is 11.6 Å². The van der Waals surface area contributed by atoms with Crippen LogP contribution < -0.4 is 5.32 Å². The van der Waals surface area contributed by atoms with Crippen molar-refractivity contribution in [3.63, 3.8) is 0 Å². The van der Waals surface area contributed by atoms with Crippen LogP contribution in [0.2, 0.25) is 5.15 Å². The molecule has 0 unspecified atom stereocenters. The lowest BCUT2D eigenvalue weighted by atomic mass is 9.74. The number of aliphatic carboxylic acids is 1. The van der Waals surface area contributed by atoms with Gasteiger partial charge in [0.15, 0.2) is 0 Å². The number of amides is 1. The van der Waals surface area contributed by atoms with Crippen molar-refractivity contribution < 1.29 is 14.7 Å². The van der Waals surface area contributed by atoms with Gasteiger partial charge in [-0.25, -0.2) is 4.98 Å². The molecule has 0 radical (unpaired) electrons. The minimum absolute atomic E-state index is 0.0870. The minimum Gasteiger partial charge on any atom is -0.481 e. The molecule has 1 aromatic heterocycles. The van der Waals surface area contributed by atoms with Crippen LogP contribution in [0, 0.1) is 5.41 Å². The molecular formula is C13H17ClN2O3. The van der Waals surface area contributed by atoms with E-state index in [1.807, 2.05) is 0 Å². The highest BCUT2D eigenvalue weighted by Crippen LogP contribution is 2.31. The van der Waals surface area contributed by atoms with E-state index in [0.717, 1.165) is 0 Å². The van der Waals surface area contributed by atoms with Crippen molar-refractivity contribution in [2.75, 3.05) is 0 Å². The molecule has 0 bridgehead atoms. The second kappa shape index (κ2) is 5.17. The monoisotopic (exact) mass is 284 g/mol. The molecule has 1 rings (SSSR count). The number of nitrogens with one attached hydrogen (secondary N) is 1. The molecular weight excluding hydrogens is 268 g/mol. The second-order valence-electron chi connectivity index (χ2n) is 5.35. The van der Waals surface area contributed by atoms with Crippen molar-refractivity contribution in [3.05, 3.63) is 29.0 Å². The van der Waals surface area contributed by atoms with Crippen molar-refractivity contribution in [1.82, 2.24) is 10.3 Å². The Hall–Kier alpha value is -1.62. The van der Waals surface area contributed by atoms with Crippen LogP contribution in [0.4, 0.5) is 0 Å². The molecule has 2 N–H and O–H groups in total. The lowest BCUT2D eigenvalue weighted by Crippen LogP contribution is -2.57. The van der Waals surface area contributed by atoms with Gasteiger partial charge in [0.1, 0.15) is 5.15 Å². The third-order valence-electron chi connectivity index (χ3n) is 3.53. The fraction of sp³-hybridized carbons (Fsp3) is 0.462. The number of nitrogens with zero attached hydrogens (tertiary/aromatic N) is 1. The Morgan fingerprint density at radius 1 is 1.32 bits per heavy atom. The van der Waals surface area contributed by atoms with Gasteiger partial charge in [0.25, 0.3) is 5.91 Å². The third-order valence-corrected chi connectivity index (χ3v) is 3.83. The maximum absolute atomic E-state index is 12.1. The van der Waals surface area contributed by atoms with Gasteiger partial charge >= 0.3 is 5.97 Å². The molecule has 0 saturated carbocycles. The van der Waals surface area contributed by atoms with Crippen LogP contribution in [0.5, 0.6) is 0 Å². The molecule has 0 saturated heterocycles. The van der Waals surface area contributed by atoms with Crippen LogP contribution in [-0.4, -0.2) is 27.5 Å². The summed E-state index contributed by atoms with van der Waals surface area (Å²) >= 11 is 5.84. The summed E-state index contributed by atoms with van der Waals surface area (Å²) in [5, 5.41) is 12.0. The lowest BCUT2D eigenvalue weighted by molar-refractivity contribution is -0.150. The first-order chi connectivity index (χ1) is 8.59. The Balaban J connectivity index is 3.00. The van der Waals surface area contributed by atoms with Crippen molar-refractivity contribution in [1.29, 1.82) is 0 Å². The van der Waals surface area contributed by atoms with Gasteiger partial charge in [0, 0.05) is 6.20 Å². The van der Waals surface area contributed by atoms with E-state index < -0.39 is 22.8 Å². The van der Waals surface area contributed by atoms with Crippen molar-refractivity contribution in [2.24, 2.45) is 5.41 Å². The summed E-state index contributed by atoms with van der Waals surface area (Å²) in [6, 6.07) is 3.13. The molecule has 5 nitrogen and oxygen atoms in total. The Morgan fingerprint density at radius 2 is 1.89 bits per heavy atom. The Bertz CT molecular complexity index is 512. The highest BCUT2D eigenvalue weighted by atomic mass is 35.5. The van der Waals surface area contributed by atoms with E-state index in [-0.39, 0.29) is 10.7 Å². The van der Waals surface area contributed by atoms with E-state index in [2.05, 4.69) is 10.3 Å². The van der Waals surface area contributed by atoms with Crippen LogP contribution in [0.3, 0.4) is 0 Å². The van der Waals surface area contributed by atoms with Gasteiger partial charge in [-0.3, -0.25) is 9.59 Å². The number of carboxylic acid groups (broad SMARTS) is 1. The molecule has 6 heteroatoms. The molecule has 0 spiro atoms. The Labute approximate surface area is 117 Å². The SMILES string of the molecule is CC(C)(NC(=O)c1cccnc1Cl)C(C)(C)C(=O)O. The first-order valence-corrected chi connectivity index (χ1v) is 6.14. The van der Waals surface area contributed by atoms with Crippen molar-refractivity contribution in [3.8, 4) is 0 Å². The number of hydrogen-bond acceptors (Lipinski definition) is 3. The Morgan fingerprint density at radius 3 is 2.37 bits per heavy atom. The lowest BCUT2D eigenvalue weighted by Gasteiger charge is -2.38. The fourth-order valence-electron chi connectivity index (χ4n) is 1.33. The number of pyridine rings is 1. The average Bonchev–Trinajstić information content (AvgIpc) is 2.28. The number of carbonyl (C=O) groups is 2. The van der Waals surface area contributed by atoms with E-state index in [9.17, 15) is 14.7 Å². The zero-order valence-corrected chi connectivity index (χ0v) is 12.1. The summed E-state index contributed by atoms with van der Waals surface area (Å²) in [5.74, 6) is -1.44. The number of halogens is 1. The molecule has 19 heavy (non-hydrogen) atoms. The van der Waals surface area contributed by atoms with Gasteiger partial charge < -0.3 is 10.4 Å². The number of aromatic nitrogens is 1. The molecule has 104 valence electrons. The van der Waals surface area contributed by atoms with Crippen LogP contribution in [0.1, 0.15) is 38.1 Å². The molecule has 0 aliphatic carbocycles. The molecule has 1 heterocycles. The molecule has 1 aromatic rings. The van der Waals surface area contributed by atoms with Crippen LogP contribution in [0.25, 0.3) is 0 Å². The third kappa shape index (κ3) is 3.04.